The third kappa shape index (κ3) is 12.6. The highest BCUT2D eigenvalue weighted by molar-refractivity contribution is 8.76. The lowest BCUT2D eigenvalue weighted by Gasteiger charge is -2.05. The van der Waals surface area contributed by atoms with Gasteiger partial charge in [-0.15, -0.1) is 0 Å². The van der Waals surface area contributed by atoms with Gasteiger partial charge < -0.3 is 11.5 Å². The van der Waals surface area contributed by atoms with Crippen LogP contribution in [0.5, 0.6) is 0 Å². The van der Waals surface area contributed by atoms with Crippen LogP contribution in [0.25, 0.3) is 0 Å². The summed E-state index contributed by atoms with van der Waals surface area (Å²) in [6, 6.07) is 0.720. The van der Waals surface area contributed by atoms with E-state index in [1.807, 2.05) is 21.6 Å². The Bertz CT molecular complexity index is 105. The van der Waals surface area contributed by atoms with Crippen molar-refractivity contribution in [1.29, 1.82) is 0 Å². The van der Waals surface area contributed by atoms with Crippen LogP contribution in [-0.2, 0) is 0 Å². The van der Waals surface area contributed by atoms with Gasteiger partial charge in [-0.25, -0.2) is 0 Å². The van der Waals surface area contributed by atoms with E-state index in [2.05, 4.69) is 13.8 Å². The first-order chi connectivity index (χ1) is 6.63. The zero-order chi connectivity index (χ0) is 10.8. The van der Waals surface area contributed by atoms with Crippen LogP contribution in [0.2, 0.25) is 0 Å². The molecule has 0 aromatic carbocycles. The second kappa shape index (κ2) is 10.1. The molecule has 0 aliphatic heterocycles. The third-order valence-corrected chi connectivity index (χ3v) is 4.43. The van der Waals surface area contributed by atoms with Gasteiger partial charge in [0.1, 0.15) is 0 Å². The van der Waals surface area contributed by atoms with Crippen molar-refractivity contribution in [3.05, 3.63) is 0 Å². The molecule has 0 bridgehead atoms. The van der Waals surface area contributed by atoms with Crippen LogP contribution >= 0.6 is 21.6 Å². The van der Waals surface area contributed by atoms with Crippen LogP contribution in [0.4, 0.5) is 0 Å². The summed E-state index contributed by atoms with van der Waals surface area (Å²) >= 11 is 0. The Hall–Kier alpha value is 0.620. The van der Waals surface area contributed by atoms with Crippen LogP contribution in [0.15, 0.2) is 0 Å². The topological polar surface area (TPSA) is 52.0 Å². The first-order valence-corrected chi connectivity index (χ1v) is 7.87. The Morgan fingerprint density at radius 3 is 1.50 bits per heavy atom. The first kappa shape index (κ1) is 14.6. The van der Waals surface area contributed by atoms with Gasteiger partial charge in [-0.3, -0.25) is 0 Å². The molecule has 4 N–H and O–H groups in total. The molecule has 14 heavy (non-hydrogen) atoms. The number of rotatable bonds is 9. The lowest BCUT2D eigenvalue weighted by molar-refractivity contribution is 0.656. The Labute approximate surface area is 96.3 Å². The monoisotopic (exact) mass is 236 g/mol. The summed E-state index contributed by atoms with van der Waals surface area (Å²) in [5.74, 6) is 2.45. The molecule has 0 fully saturated rings. The van der Waals surface area contributed by atoms with E-state index in [1.54, 1.807) is 0 Å². The number of hydrogen-bond acceptors (Lipinski definition) is 4. The van der Waals surface area contributed by atoms with Crippen molar-refractivity contribution in [2.45, 2.75) is 51.6 Å². The lowest BCUT2D eigenvalue weighted by Crippen LogP contribution is -2.14. The minimum absolute atomic E-state index is 0.360. The zero-order valence-electron chi connectivity index (χ0n) is 9.37. The van der Waals surface area contributed by atoms with Crippen LogP contribution in [0.3, 0.4) is 0 Å². The Kier molecular flexibility index (Phi) is 10.6. The summed E-state index contributed by atoms with van der Waals surface area (Å²) in [5.41, 5.74) is 11.3. The Morgan fingerprint density at radius 1 is 0.857 bits per heavy atom. The van der Waals surface area contributed by atoms with Crippen LogP contribution in [0, 0.1) is 0 Å². The van der Waals surface area contributed by atoms with Crippen LogP contribution < -0.4 is 11.5 Å². The standard InChI is InChI=1S/C10H24N2S2/c1-9(11)5-3-7-13-14-8-4-6-10(2)12/h9-10H,3-8,11-12H2,1-2H3. The van der Waals surface area contributed by atoms with E-state index in [9.17, 15) is 0 Å². The highest BCUT2D eigenvalue weighted by Gasteiger charge is 1.96. The summed E-state index contributed by atoms with van der Waals surface area (Å²) in [6.45, 7) is 4.14. The Morgan fingerprint density at radius 2 is 1.21 bits per heavy atom. The van der Waals surface area contributed by atoms with Gasteiger partial charge in [-0.05, 0) is 39.5 Å². The first-order valence-electron chi connectivity index (χ1n) is 5.38. The van der Waals surface area contributed by atoms with E-state index in [0.29, 0.717) is 12.1 Å². The maximum absolute atomic E-state index is 5.66. The Balaban J connectivity index is 2.92. The van der Waals surface area contributed by atoms with Crippen molar-refractivity contribution < 1.29 is 0 Å². The normalized spacial score (nSPS) is 15.4. The van der Waals surface area contributed by atoms with Gasteiger partial charge in [0.25, 0.3) is 0 Å². The molecule has 0 saturated heterocycles. The molecule has 0 heterocycles. The van der Waals surface area contributed by atoms with Gasteiger partial charge in [0.05, 0.1) is 0 Å². The van der Waals surface area contributed by atoms with Crippen LogP contribution in [-0.4, -0.2) is 23.6 Å². The maximum Gasteiger partial charge on any atom is 0.00375 e. The van der Waals surface area contributed by atoms with E-state index in [1.165, 1.54) is 24.3 Å². The minimum Gasteiger partial charge on any atom is -0.328 e. The molecule has 2 unspecified atom stereocenters. The van der Waals surface area contributed by atoms with E-state index in [0.717, 1.165) is 12.8 Å². The molecular formula is C10H24N2S2. The van der Waals surface area contributed by atoms with Crippen molar-refractivity contribution >= 4 is 21.6 Å². The van der Waals surface area contributed by atoms with E-state index < -0.39 is 0 Å². The van der Waals surface area contributed by atoms with Gasteiger partial charge in [0.2, 0.25) is 0 Å². The molecule has 0 aliphatic carbocycles. The molecular weight excluding hydrogens is 212 g/mol. The molecule has 0 amide bonds. The van der Waals surface area contributed by atoms with Crippen molar-refractivity contribution in [3.8, 4) is 0 Å². The van der Waals surface area contributed by atoms with Gasteiger partial charge >= 0.3 is 0 Å². The molecule has 0 radical (unpaired) electrons. The molecule has 0 aromatic rings. The molecule has 0 spiro atoms. The average Bonchev–Trinajstić information content (AvgIpc) is 2.08. The molecule has 0 rings (SSSR count). The largest absolute Gasteiger partial charge is 0.328 e. The van der Waals surface area contributed by atoms with E-state index in [4.69, 9.17) is 11.5 Å². The summed E-state index contributed by atoms with van der Waals surface area (Å²) in [7, 11) is 3.93. The maximum atomic E-state index is 5.66. The fraction of sp³-hybridized carbons (Fsp3) is 1.00. The van der Waals surface area contributed by atoms with Gasteiger partial charge in [-0.1, -0.05) is 21.6 Å². The second-order valence-corrected chi connectivity index (χ2v) is 6.59. The lowest BCUT2D eigenvalue weighted by atomic mass is 10.2. The van der Waals surface area contributed by atoms with Crippen molar-refractivity contribution in [2.24, 2.45) is 11.5 Å². The van der Waals surface area contributed by atoms with Gasteiger partial charge in [0.15, 0.2) is 0 Å². The summed E-state index contributed by atoms with van der Waals surface area (Å²) in [5, 5.41) is 0. The summed E-state index contributed by atoms with van der Waals surface area (Å²) in [6.07, 6.45) is 4.77. The molecule has 0 aliphatic rings. The van der Waals surface area contributed by atoms with Gasteiger partial charge in [0, 0.05) is 23.6 Å². The van der Waals surface area contributed by atoms with Crippen molar-refractivity contribution in [3.63, 3.8) is 0 Å². The predicted molar refractivity (Wildman–Crippen MR) is 70.7 cm³/mol. The predicted octanol–water partition coefficient (Wildman–Crippen LogP) is 2.62. The van der Waals surface area contributed by atoms with Gasteiger partial charge in [-0.2, -0.15) is 0 Å². The molecule has 0 saturated carbocycles. The summed E-state index contributed by atoms with van der Waals surface area (Å²) in [4.78, 5) is 0. The quantitative estimate of drug-likeness (QED) is 0.477. The second-order valence-electron chi connectivity index (χ2n) is 3.88. The fourth-order valence-electron chi connectivity index (χ4n) is 1.05. The third-order valence-electron chi connectivity index (χ3n) is 1.86. The SMILES string of the molecule is CC(N)CCCSSCCCC(C)N. The zero-order valence-corrected chi connectivity index (χ0v) is 11.0. The number of nitrogens with two attached hydrogens (primary N) is 2. The minimum atomic E-state index is 0.360. The molecule has 4 heteroatoms. The highest BCUT2D eigenvalue weighted by Crippen LogP contribution is 2.23. The van der Waals surface area contributed by atoms with Crippen molar-refractivity contribution in [2.75, 3.05) is 11.5 Å². The van der Waals surface area contributed by atoms with Crippen LogP contribution in [0.1, 0.15) is 39.5 Å². The van der Waals surface area contributed by atoms with E-state index >= 15 is 0 Å². The average molecular weight is 236 g/mol. The highest BCUT2D eigenvalue weighted by atomic mass is 33.1. The molecule has 0 aromatic heterocycles. The fourth-order valence-corrected chi connectivity index (χ4v) is 3.27. The number of hydrogen-bond donors (Lipinski definition) is 2. The summed E-state index contributed by atoms with van der Waals surface area (Å²) < 4.78 is 0. The molecule has 2 atom stereocenters. The smallest absolute Gasteiger partial charge is 0.00375 e. The molecule has 86 valence electrons. The van der Waals surface area contributed by atoms with Crippen molar-refractivity contribution in [1.82, 2.24) is 0 Å². The van der Waals surface area contributed by atoms with E-state index in [-0.39, 0.29) is 0 Å². The molecule has 2 nitrogen and oxygen atoms in total.